The van der Waals surface area contributed by atoms with E-state index in [1.807, 2.05) is 0 Å². The van der Waals surface area contributed by atoms with Crippen LogP contribution in [-0.2, 0) is 39.6 Å². The summed E-state index contributed by atoms with van der Waals surface area (Å²) in [5, 5.41) is 0. The van der Waals surface area contributed by atoms with Crippen LogP contribution in [0.15, 0.2) is 0 Å². The average molecular weight is 160 g/mol. The van der Waals surface area contributed by atoms with Crippen molar-refractivity contribution in [3.63, 3.8) is 0 Å². The molecule has 0 aliphatic rings. The van der Waals surface area contributed by atoms with Crippen LogP contribution in [0, 0.1) is 0 Å². The zero-order chi connectivity index (χ0) is 0. The second-order valence-electron chi connectivity index (χ2n) is 0. The van der Waals surface area contributed by atoms with Crippen LogP contribution in [0.25, 0.3) is 0 Å². The molecule has 2 radical (unpaired) electrons. The van der Waals surface area contributed by atoms with Gasteiger partial charge in [0.1, 0.15) is 0 Å². The van der Waals surface area contributed by atoms with Crippen molar-refractivity contribution in [2.24, 2.45) is 0 Å². The van der Waals surface area contributed by atoms with Crippen molar-refractivity contribution in [3.8, 4) is 0 Å². The van der Waals surface area contributed by atoms with E-state index in [2.05, 4.69) is 0 Å². The van der Waals surface area contributed by atoms with Gasteiger partial charge in [-0.1, -0.05) is 0 Å². The van der Waals surface area contributed by atoms with Gasteiger partial charge in [-0.25, -0.2) is 0 Å². The molecule has 0 aromatic heterocycles. The van der Waals surface area contributed by atoms with Gasteiger partial charge in [0, 0.05) is 34.1 Å². The zero-order valence-electron chi connectivity index (χ0n) is 2.06. The Labute approximate surface area is 51.0 Å². The fourth-order valence-electron chi connectivity index (χ4n) is 0. The molecule has 0 amide bonds. The maximum absolute atomic E-state index is 0. The molecule has 38 valence electrons. The van der Waals surface area contributed by atoms with Gasteiger partial charge in [0.15, 0.2) is 0 Å². The molecule has 0 aromatic carbocycles. The molecule has 3 nitrogen and oxygen atoms in total. The van der Waals surface area contributed by atoms with Crippen LogP contribution in [0.3, 0.4) is 0 Å². The van der Waals surface area contributed by atoms with E-state index < -0.39 is 0 Å². The fourth-order valence-corrected chi connectivity index (χ4v) is 0. The third-order valence-electron chi connectivity index (χ3n) is 0. The van der Waals surface area contributed by atoms with E-state index in [-0.39, 0.29) is 50.6 Å². The van der Waals surface area contributed by atoms with Crippen LogP contribution in [0.4, 0.5) is 0 Å². The molecule has 0 heterocycles. The van der Waals surface area contributed by atoms with E-state index in [9.17, 15) is 0 Å². The molecule has 0 saturated carbocycles. The van der Waals surface area contributed by atoms with E-state index in [4.69, 9.17) is 0 Å². The monoisotopic (exact) mass is 160 g/mol. The van der Waals surface area contributed by atoms with Gasteiger partial charge in [-0.15, -0.1) is 0 Å². The van der Waals surface area contributed by atoms with Crippen LogP contribution < -0.4 is 0 Å². The first-order valence-electron chi connectivity index (χ1n) is 0. The summed E-state index contributed by atoms with van der Waals surface area (Å²) in [6.07, 6.45) is 0. The standard InChI is InChI=1S/2Mn.2H2O.O/h;;2*1H2;/q;;;;-2/p-2. The Morgan fingerprint density at radius 2 is 0.600 bits per heavy atom. The number of hydrogen-bond acceptors (Lipinski definition) is 2. The molecule has 5 heavy (non-hydrogen) atoms. The summed E-state index contributed by atoms with van der Waals surface area (Å²) in [6.45, 7) is 0. The molecule has 0 aliphatic heterocycles. The van der Waals surface area contributed by atoms with Crippen LogP contribution in [0.2, 0.25) is 0 Å². The van der Waals surface area contributed by atoms with Crippen molar-refractivity contribution in [2.75, 3.05) is 0 Å². The average Bonchev–Trinajstić information content (AvgIpc) is 0. The first-order valence-corrected chi connectivity index (χ1v) is 0. The molecule has 0 aliphatic carbocycles. The van der Waals surface area contributed by atoms with Gasteiger partial charge >= 0.3 is 0 Å². The van der Waals surface area contributed by atoms with Crippen molar-refractivity contribution in [3.05, 3.63) is 0 Å². The second kappa shape index (κ2) is 89.5. The first-order chi connectivity index (χ1) is 0. The first kappa shape index (κ1) is 170. The Balaban J connectivity index is 0. The third kappa shape index (κ3) is 49.6. The predicted molar refractivity (Wildman–Crippen MR) is 4.56 cm³/mol. The fraction of sp³-hybridized carbons (Fsp3) is 0. The molecule has 0 aromatic rings. The van der Waals surface area contributed by atoms with Crippen molar-refractivity contribution >= 4 is 0 Å². The van der Waals surface area contributed by atoms with Gasteiger partial charge in [0.2, 0.25) is 0 Å². The molecular formula is H2Mn2O3-4. The topological polar surface area (TPSA) is 88.5 Å². The molecular weight excluding hydrogens is 158 g/mol. The number of hydrogen-bond donors (Lipinski definition) is 0. The summed E-state index contributed by atoms with van der Waals surface area (Å²) in [6, 6.07) is 0. The minimum atomic E-state index is 0. The van der Waals surface area contributed by atoms with E-state index in [0.29, 0.717) is 0 Å². The quantitative estimate of drug-likeness (QED) is 0.448. The van der Waals surface area contributed by atoms with Crippen molar-refractivity contribution in [1.82, 2.24) is 0 Å². The molecule has 0 atom stereocenters. The zero-order valence-corrected chi connectivity index (χ0v) is 4.42. The predicted octanol–water partition coefficient (Wildman–Crippen LogP) is -0.477. The Bertz CT molecular complexity index is 4.85. The molecule has 2 N–H and O–H groups in total. The summed E-state index contributed by atoms with van der Waals surface area (Å²) in [4.78, 5) is 0. The summed E-state index contributed by atoms with van der Waals surface area (Å²) < 4.78 is 0. The maximum atomic E-state index is 0. The van der Waals surface area contributed by atoms with Crippen LogP contribution in [-0.4, -0.2) is 11.0 Å². The van der Waals surface area contributed by atoms with Crippen LogP contribution >= 0.6 is 0 Å². The molecule has 0 spiro atoms. The molecule has 0 saturated heterocycles. The van der Waals surface area contributed by atoms with Crippen LogP contribution in [0.5, 0.6) is 0 Å². The van der Waals surface area contributed by atoms with E-state index in [0.717, 1.165) is 0 Å². The SMILES string of the molecule is [Mn].[Mn].[O-2].[OH-].[OH-]. The van der Waals surface area contributed by atoms with Gasteiger partial charge in [0.05, 0.1) is 0 Å². The summed E-state index contributed by atoms with van der Waals surface area (Å²) in [5.74, 6) is 0. The van der Waals surface area contributed by atoms with Gasteiger partial charge in [0.25, 0.3) is 0 Å². The van der Waals surface area contributed by atoms with Crippen LogP contribution in [0.1, 0.15) is 0 Å². The second-order valence-corrected chi connectivity index (χ2v) is 0. The molecule has 5 heteroatoms. The number of rotatable bonds is 0. The summed E-state index contributed by atoms with van der Waals surface area (Å²) >= 11 is 0. The van der Waals surface area contributed by atoms with Gasteiger partial charge in [-0.05, 0) is 0 Å². The van der Waals surface area contributed by atoms with Gasteiger partial charge < -0.3 is 16.4 Å². The van der Waals surface area contributed by atoms with Crippen molar-refractivity contribution < 1.29 is 50.6 Å². The van der Waals surface area contributed by atoms with E-state index in [1.165, 1.54) is 0 Å². The largest absolute Gasteiger partial charge is 2.00 e. The minimum Gasteiger partial charge on any atom is -2.00 e. The Hall–Kier alpha value is 0.919. The normalized spacial score (nSPS) is 0. The van der Waals surface area contributed by atoms with Gasteiger partial charge in [-0.3, -0.25) is 0 Å². The van der Waals surface area contributed by atoms with Crippen molar-refractivity contribution in [1.29, 1.82) is 0 Å². The Morgan fingerprint density at radius 1 is 0.600 bits per heavy atom. The smallest absolute Gasteiger partial charge is 0 e. The summed E-state index contributed by atoms with van der Waals surface area (Å²) in [5.41, 5.74) is 0. The maximum Gasteiger partial charge on any atom is 0 e. The Kier molecular flexibility index (Phi) is 3030. The van der Waals surface area contributed by atoms with Crippen molar-refractivity contribution in [2.45, 2.75) is 0 Å². The Morgan fingerprint density at radius 3 is 0.600 bits per heavy atom. The van der Waals surface area contributed by atoms with Gasteiger partial charge in [-0.2, -0.15) is 0 Å². The molecule has 0 bridgehead atoms. The van der Waals surface area contributed by atoms with E-state index >= 15 is 0 Å². The molecule has 0 rings (SSSR count). The summed E-state index contributed by atoms with van der Waals surface area (Å²) in [7, 11) is 0. The third-order valence-corrected chi connectivity index (χ3v) is 0. The minimum absolute atomic E-state index is 0. The molecule has 0 unspecified atom stereocenters. The molecule has 0 fully saturated rings. The van der Waals surface area contributed by atoms with E-state index in [1.54, 1.807) is 0 Å².